The third-order valence-electron chi connectivity index (χ3n) is 4.55. The van der Waals surface area contributed by atoms with E-state index in [1.807, 2.05) is 0 Å². The predicted molar refractivity (Wildman–Crippen MR) is 126 cm³/mol. The van der Waals surface area contributed by atoms with Crippen molar-refractivity contribution in [1.29, 1.82) is 0 Å². The van der Waals surface area contributed by atoms with E-state index in [1.165, 1.54) is 29.9 Å². The zero-order valence-corrected chi connectivity index (χ0v) is 19.5. The highest BCUT2D eigenvalue weighted by Gasteiger charge is 2.17. The Morgan fingerprint density at radius 2 is 1.94 bits per heavy atom. The molecule has 0 spiro atoms. The molecule has 2 N–H and O–H groups in total. The molecular weight excluding hydrogens is 468 g/mol. The van der Waals surface area contributed by atoms with E-state index in [0.717, 1.165) is 11.8 Å². The van der Waals surface area contributed by atoms with Crippen LogP contribution in [-0.2, 0) is 16.1 Å². The number of imide groups is 1. The molecular formula is C22H21ClN4O5S. The fourth-order valence-electron chi connectivity index (χ4n) is 2.99. The first-order valence-corrected chi connectivity index (χ1v) is 11.3. The molecule has 1 aromatic heterocycles. The maximum atomic E-state index is 13.3. The van der Waals surface area contributed by atoms with Crippen LogP contribution >= 0.6 is 23.4 Å². The van der Waals surface area contributed by atoms with Crippen molar-refractivity contribution in [1.82, 2.24) is 20.2 Å². The highest BCUT2D eigenvalue weighted by molar-refractivity contribution is 7.99. The molecule has 9 nitrogen and oxygen atoms in total. The molecule has 0 atom stereocenters. The number of thioether (sulfide) groups is 1. The normalized spacial score (nSPS) is 10.6. The number of amides is 3. The number of hydrogen-bond donors (Lipinski definition) is 2. The number of esters is 1. The Labute approximate surface area is 198 Å². The number of aromatic nitrogens is 2. The predicted octanol–water partition coefficient (Wildman–Crippen LogP) is 2.82. The quantitative estimate of drug-likeness (QED) is 0.298. The van der Waals surface area contributed by atoms with Crippen LogP contribution < -0.4 is 16.2 Å². The van der Waals surface area contributed by atoms with E-state index < -0.39 is 17.9 Å². The molecule has 172 valence electrons. The summed E-state index contributed by atoms with van der Waals surface area (Å²) < 4.78 is 6.14. The van der Waals surface area contributed by atoms with Crippen molar-refractivity contribution in [2.75, 3.05) is 19.4 Å². The molecule has 2 aromatic carbocycles. The lowest BCUT2D eigenvalue weighted by molar-refractivity contribution is -0.117. The first kappa shape index (κ1) is 24.3. The number of ether oxygens (including phenoxy) is 1. The van der Waals surface area contributed by atoms with E-state index in [1.54, 1.807) is 31.2 Å². The van der Waals surface area contributed by atoms with Gasteiger partial charge in [-0.1, -0.05) is 41.6 Å². The highest BCUT2D eigenvalue weighted by atomic mass is 35.5. The van der Waals surface area contributed by atoms with Crippen molar-refractivity contribution in [3.63, 3.8) is 0 Å². The van der Waals surface area contributed by atoms with Crippen LogP contribution in [0.15, 0.2) is 52.4 Å². The number of rotatable bonds is 7. The van der Waals surface area contributed by atoms with Crippen LogP contribution in [0.1, 0.15) is 22.8 Å². The summed E-state index contributed by atoms with van der Waals surface area (Å²) in [6.45, 7) is 2.23. The summed E-state index contributed by atoms with van der Waals surface area (Å²) in [5.41, 5.74) is 0.862. The van der Waals surface area contributed by atoms with E-state index in [-0.39, 0.29) is 34.1 Å². The summed E-state index contributed by atoms with van der Waals surface area (Å²) in [5, 5.41) is 5.69. The number of urea groups is 1. The van der Waals surface area contributed by atoms with Crippen molar-refractivity contribution < 1.29 is 19.1 Å². The molecule has 0 saturated carbocycles. The van der Waals surface area contributed by atoms with Gasteiger partial charge in [0.25, 0.3) is 5.56 Å². The molecule has 0 unspecified atom stereocenters. The van der Waals surface area contributed by atoms with Crippen LogP contribution in [0, 0.1) is 0 Å². The number of benzene rings is 2. The second-order valence-corrected chi connectivity index (χ2v) is 8.15. The molecule has 0 aliphatic rings. The molecule has 3 amide bonds. The van der Waals surface area contributed by atoms with E-state index in [0.29, 0.717) is 22.5 Å². The minimum absolute atomic E-state index is 0.125. The number of hydrogen-bond acceptors (Lipinski definition) is 7. The molecule has 11 heteroatoms. The van der Waals surface area contributed by atoms with Gasteiger partial charge in [0.2, 0.25) is 5.91 Å². The number of methoxy groups -OCH3 is 1. The van der Waals surface area contributed by atoms with Crippen LogP contribution in [-0.4, -0.2) is 46.9 Å². The molecule has 0 aliphatic heterocycles. The topological polar surface area (TPSA) is 119 Å². The van der Waals surface area contributed by atoms with Crippen LogP contribution in [0.2, 0.25) is 5.02 Å². The highest BCUT2D eigenvalue weighted by Crippen LogP contribution is 2.22. The SMILES string of the molecule is CCNC(=O)NC(=O)CSc1nc2cc(C(=O)OC)ccc2c(=O)n1Cc1ccccc1Cl. The average Bonchev–Trinajstić information content (AvgIpc) is 2.80. The zero-order valence-electron chi connectivity index (χ0n) is 17.9. The van der Waals surface area contributed by atoms with E-state index in [4.69, 9.17) is 16.3 Å². The molecule has 0 bridgehead atoms. The Bertz CT molecular complexity index is 1280. The second kappa shape index (κ2) is 11.0. The first-order chi connectivity index (χ1) is 15.8. The maximum Gasteiger partial charge on any atom is 0.337 e. The maximum absolute atomic E-state index is 13.3. The fraction of sp³-hybridized carbons (Fsp3) is 0.227. The molecule has 0 fully saturated rings. The summed E-state index contributed by atoms with van der Waals surface area (Å²) in [7, 11) is 1.26. The molecule has 0 radical (unpaired) electrons. The lowest BCUT2D eigenvalue weighted by Gasteiger charge is -2.14. The zero-order chi connectivity index (χ0) is 24.0. The fourth-order valence-corrected chi connectivity index (χ4v) is 3.98. The largest absolute Gasteiger partial charge is 0.465 e. The van der Waals surface area contributed by atoms with Gasteiger partial charge in [-0.25, -0.2) is 14.6 Å². The second-order valence-electron chi connectivity index (χ2n) is 6.80. The minimum atomic E-state index is -0.606. The molecule has 3 aromatic rings. The van der Waals surface area contributed by atoms with E-state index in [9.17, 15) is 19.2 Å². The third-order valence-corrected chi connectivity index (χ3v) is 5.90. The number of nitrogens with zero attached hydrogens (tertiary/aromatic N) is 2. The van der Waals surface area contributed by atoms with Crippen molar-refractivity contribution in [3.05, 3.63) is 69.0 Å². The van der Waals surface area contributed by atoms with Gasteiger partial charge in [0.05, 0.1) is 35.9 Å². The van der Waals surface area contributed by atoms with Crippen molar-refractivity contribution in [2.24, 2.45) is 0 Å². The van der Waals surface area contributed by atoms with Crippen LogP contribution in [0.4, 0.5) is 4.79 Å². The molecule has 0 saturated heterocycles. The summed E-state index contributed by atoms with van der Waals surface area (Å²) in [5.74, 6) is -1.27. The monoisotopic (exact) mass is 488 g/mol. The summed E-state index contributed by atoms with van der Waals surface area (Å²) in [4.78, 5) is 53.5. The van der Waals surface area contributed by atoms with Crippen LogP contribution in [0.5, 0.6) is 0 Å². The number of halogens is 1. The van der Waals surface area contributed by atoms with Gasteiger partial charge in [0.1, 0.15) is 0 Å². The van der Waals surface area contributed by atoms with E-state index >= 15 is 0 Å². The first-order valence-electron chi connectivity index (χ1n) is 9.90. The van der Waals surface area contributed by atoms with Crippen LogP contribution in [0.25, 0.3) is 10.9 Å². The minimum Gasteiger partial charge on any atom is -0.465 e. The van der Waals surface area contributed by atoms with Crippen molar-refractivity contribution >= 4 is 52.2 Å². The molecule has 0 aliphatic carbocycles. The van der Waals surface area contributed by atoms with Gasteiger partial charge in [-0.3, -0.25) is 19.5 Å². The van der Waals surface area contributed by atoms with Gasteiger partial charge in [-0.05, 0) is 36.8 Å². The van der Waals surface area contributed by atoms with Crippen molar-refractivity contribution in [2.45, 2.75) is 18.6 Å². The van der Waals surface area contributed by atoms with E-state index in [2.05, 4.69) is 15.6 Å². The van der Waals surface area contributed by atoms with Gasteiger partial charge in [0.15, 0.2) is 5.16 Å². The Morgan fingerprint density at radius 1 is 1.18 bits per heavy atom. The van der Waals surface area contributed by atoms with Gasteiger partial charge in [-0.2, -0.15) is 0 Å². The summed E-state index contributed by atoms with van der Waals surface area (Å²) in [6, 6.07) is 10.9. The smallest absolute Gasteiger partial charge is 0.337 e. The molecule has 33 heavy (non-hydrogen) atoms. The van der Waals surface area contributed by atoms with Gasteiger partial charge in [-0.15, -0.1) is 0 Å². The molecule has 1 heterocycles. The number of carbonyl (C=O) groups excluding carboxylic acids is 3. The number of carbonyl (C=O) groups is 3. The lowest BCUT2D eigenvalue weighted by Crippen LogP contribution is -2.40. The third kappa shape index (κ3) is 5.91. The van der Waals surface area contributed by atoms with Gasteiger partial charge in [0, 0.05) is 11.6 Å². The Morgan fingerprint density at radius 3 is 2.64 bits per heavy atom. The van der Waals surface area contributed by atoms with Crippen LogP contribution in [0.3, 0.4) is 0 Å². The summed E-state index contributed by atoms with van der Waals surface area (Å²) in [6.07, 6.45) is 0. The van der Waals surface area contributed by atoms with Crippen molar-refractivity contribution in [3.8, 4) is 0 Å². The Hall–Kier alpha value is -3.37. The Kier molecular flexibility index (Phi) is 8.07. The van der Waals surface area contributed by atoms with Gasteiger partial charge < -0.3 is 10.1 Å². The average molecular weight is 489 g/mol. The summed E-state index contributed by atoms with van der Waals surface area (Å²) >= 11 is 7.27. The lowest BCUT2D eigenvalue weighted by atomic mass is 10.1. The number of fused-ring (bicyclic) bond motifs is 1. The Balaban J connectivity index is 2.01. The standard InChI is InChI=1S/C22H21ClN4O5S/c1-3-24-21(31)26-18(28)12-33-22-25-17-10-13(20(30)32-2)8-9-15(17)19(29)27(22)11-14-6-4-5-7-16(14)23/h4-10H,3,11-12H2,1-2H3,(H2,24,26,28,31). The number of nitrogens with one attached hydrogen (secondary N) is 2. The van der Waals surface area contributed by atoms with Gasteiger partial charge >= 0.3 is 12.0 Å². The molecule has 3 rings (SSSR count).